The number of aromatic nitrogens is 1. The van der Waals surface area contributed by atoms with Gasteiger partial charge in [0.15, 0.2) is 5.69 Å². The third-order valence-corrected chi connectivity index (χ3v) is 4.80. The number of pyridine rings is 1. The fourth-order valence-corrected chi connectivity index (χ4v) is 3.15. The van der Waals surface area contributed by atoms with Gasteiger partial charge in [-0.25, -0.2) is 0 Å². The van der Waals surface area contributed by atoms with E-state index in [0.29, 0.717) is 17.9 Å². The Labute approximate surface area is 157 Å². The predicted molar refractivity (Wildman–Crippen MR) is 101 cm³/mol. The molecule has 27 heavy (non-hydrogen) atoms. The molecule has 2 heterocycles. The molecule has 140 valence electrons. The number of hydrogen-bond donors (Lipinski definition) is 1. The molecule has 1 fully saturated rings. The van der Waals surface area contributed by atoms with Gasteiger partial charge in [0, 0.05) is 12.2 Å². The van der Waals surface area contributed by atoms with Gasteiger partial charge in [0.05, 0.1) is 18.3 Å². The van der Waals surface area contributed by atoms with Gasteiger partial charge in [-0.15, -0.1) is 5.11 Å². The number of nitriles is 1. The van der Waals surface area contributed by atoms with Gasteiger partial charge in [-0.2, -0.15) is 10.4 Å². The summed E-state index contributed by atoms with van der Waals surface area (Å²) in [6.07, 6.45) is 1.56. The molecule has 7 nitrogen and oxygen atoms in total. The molecule has 1 aliphatic rings. The Balaban J connectivity index is 2.08. The number of rotatable bonds is 4. The van der Waals surface area contributed by atoms with Crippen molar-refractivity contribution in [3.63, 3.8) is 0 Å². The smallest absolute Gasteiger partial charge is 0.281 e. The van der Waals surface area contributed by atoms with Crippen molar-refractivity contribution < 1.29 is 9.84 Å². The van der Waals surface area contributed by atoms with Crippen molar-refractivity contribution in [1.29, 1.82) is 5.26 Å². The SMILES string of the molecule is Cc1ccc(C)c(N=Nc2c(C)c(C#N)c(O)n(CC3CCCO3)c2=O)c1. The Bertz CT molecular complexity index is 996. The number of nitrogens with zero attached hydrogens (tertiary/aromatic N) is 4. The first-order valence-electron chi connectivity index (χ1n) is 8.89. The van der Waals surface area contributed by atoms with Crippen molar-refractivity contribution in [3.05, 3.63) is 50.8 Å². The summed E-state index contributed by atoms with van der Waals surface area (Å²) in [5.41, 5.74) is 2.55. The van der Waals surface area contributed by atoms with Crippen molar-refractivity contribution in [3.8, 4) is 11.9 Å². The fraction of sp³-hybridized carbons (Fsp3) is 0.400. The first-order valence-corrected chi connectivity index (χ1v) is 8.89. The normalized spacial score (nSPS) is 16.7. The van der Waals surface area contributed by atoms with Crippen molar-refractivity contribution in [1.82, 2.24) is 4.57 Å². The summed E-state index contributed by atoms with van der Waals surface area (Å²) < 4.78 is 6.73. The van der Waals surface area contributed by atoms with Gasteiger partial charge in [0.2, 0.25) is 5.88 Å². The van der Waals surface area contributed by atoms with Crippen molar-refractivity contribution >= 4 is 11.4 Å². The maximum Gasteiger partial charge on any atom is 0.281 e. The second kappa shape index (κ2) is 7.72. The lowest BCUT2D eigenvalue weighted by Crippen LogP contribution is -2.27. The summed E-state index contributed by atoms with van der Waals surface area (Å²) in [7, 11) is 0. The van der Waals surface area contributed by atoms with Crippen LogP contribution < -0.4 is 5.56 Å². The van der Waals surface area contributed by atoms with E-state index in [-0.39, 0.29) is 29.8 Å². The van der Waals surface area contributed by atoms with E-state index in [1.807, 2.05) is 38.1 Å². The van der Waals surface area contributed by atoms with Crippen LogP contribution >= 0.6 is 0 Å². The zero-order chi connectivity index (χ0) is 19.6. The predicted octanol–water partition coefficient (Wildman–Crippen LogP) is 3.95. The molecular formula is C20H22N4O3. The molecular weight excluding hydrogens is 344 g/mol. The highest BCUT2D eigenvalue weighted by Gasteiger charge is 2.23. The second-order valence-electron chi connectivity index (χ2n) is 6.82. The molecule has 0 radical (unpaired) electrons. The van der Waals surface area contributed by atoms with Gasteiger partial charge in [0.1, 0.15) is 11.6 Å². The molecule has 7 heteroatoms. The lowest BCUT2D eigenvalue weighted by atomic mass is 10.1. The number of hydrogen-bond acceptors (Lipinski definition) is 6. The van der Waals surface area contributed by atoms with E-state index in [0.717, 1.165) is 24.0 Å². The second-order valence-corrected chi connectivity index (χ2v) is 6.82. The highest BCUT2D eigenvalue weighted by Crippen LogP contribution is 2.29. The summed E-state index contributed by atoms with van der Waals surface area (Å²) in [5.74, 6) is -0.346. The fourth-order valence-electron chi connectivity index (χ4n) is 3.15. The van der Waals surface area contributed by atoms with Crippen LogP contribution in [0.3, 0.4) is 0 Å². The molecule has 0 amide bonds. The molecule has 1 atom stereocenters. The van der Waals surface area contributed by atoms with Crippen LogP contribution in [0.2, 0.25) is 0 Å². The molecule has 3 rings (SSSR count). The number of aromatic hydroxyl groups is 1. The first kappa shape index (κ1) is 18.8. The molecule has 1 unspecified atom stereocenters. The standard InChI is InChI=1S/C20H22N4O3/c1-12-6-7-13(2)17(9-12)22-23-18-14(3)16(10-21)19(25)24(20(18)26)11-15-5-4-8-27-15/h6-7,9,15,25H,4-5,8,11H2,1-3H3. The monoisotopic (exact) mass is 366 g/mol. The summed E-state index contributed by atoms with van der Waals surface area (Å²) in [5, 5.41) is 28.2. The van der Waals surface area contributed by atoms with Crippen molar-refractivity contribution in [2.75, 3.05) is 6.61 Å². The minimum absolute atomic E-state index is 0.0301. The van der Waals surface area contributed by atoms with Crippen LogP contribution in [-0.4, -0.2) is 22.4 Å². The summed E-state index contributed by atoms with van der Waals surface area (Å²) in [6.45, 7) is 6.27. The van der Waals surface area contributed by atoms with Crippen molar-refractivity contribution in [2.45, 2.75) is 46.3 Å². The molecule has 1 saturated heterocycles. The molecule has 1 N–H and O–H groups in total. The molecule has 0 spiro atoms. The summed E-state index contributed by atoms with van der Waals surface area (Å²) in [4.78, 5) is 12.9. The van der Waals surface area contributed by atoms with Crippen LogP contribution in [0, 0.1) is 32.1 Å². The topological polar surface area (TPSA) is 100.0 Å². The maximum absolute atomic E-state index is 12.9. The van der Waals surface area contributed by atoms with Gasteiger partial charge >= 0.3 is 0 Å². The Morgan fingerprint density at radius 1 is 1.33 bits per heavy atom. The van der Waals surface area contributed by atoms with Gasteiger partial charge < -0.3 is 9.84 Å². The van der Waals surface area contributed by atoms with Crippen LogP contribution in [0.4, 0.5) is 11.4 Å². The molecule has 1 aromatic heterocycles. The van der Waals surface area contributed by atoms with E-state index in [4.69, 9.17) is 4.74 Å². The van der Waals surface area contributed by atoms with Crippen molar-refractivity contribution in [2.24, 2.45) is 10.2 Å². The average Bonchev–Trinajstić information content (AvgIpc) is 3.15. The molecule has 1 aliphatic heterocycles. The molecule has 0 aliphatic carbocycles. The average molecular weight is 366 g/mol. The Kier molecular flexibility index (Phi) is 5.38. The van der Waals surface area contributed by atoms with Gasteiger partial charge in [-0.05, 0) is 50.8 Å². The van der Waals surface area contributed by atoms with E-state index in [1.165, 1.54) is 4.57 Å². The van der Waals surface area contributed by atoms with Gasteiger partial charge in [-0.1, -0.05) is 12.1 Å². The van der Waals surface area contributed by atoms with Crippen LogP contribution in [0.1, 0.15) is 35.1 Å². The molecule has 2 aromatic rings. The highest BCUT2D eigenvalue weighted by atomic mass is 16.5. The molecule has 0 saturated carbocycles. The van der Waals surface area contributed by atoms with E-state index >= 15 is 0 Å². The third-order valence-electron chi connectivity index (χ3n) is 4.80. The van der Waals surface area contributed by atoms with Crippen LogP contribution in [-0.2, 0) is 11.3 Å². The van der Waals surface area contributed by atoms with Gasteiger partial charge in [0.25, 0.3) is 5.56 Å². The Morgan fingerprint density at radius 3 is 2.78 bits per heavy atom. The Hall–Kier alpha value is -2.98. The van der Waals surface area contributed by atoms with E-state index in [9.17, 15) is 15.2 Å². The molecule has 1 aromatic carbocycles. The van der Waals surface area contributed by atoms with Gasteiger partial charge in [-0.3, -0.25) is 9.36 Å². The van der Waals surface area contributed by atoms with E-state index in [2.05, 4.69) is 10.2 Å². The first-order chi connectivity index (χ1) is 12.9. The zero-order valence-electron chi connectivity index (χ0n) is 15.7. The number of azo groups is 1. The highest BCUT2D eigenvalue weighted by molar-refractivity contribution is 5.57. The van der Waals surface area contributed by atoms with Crippen LogP contribution in [0.25, 0.3) is 0 Å². The van der Waals surface area contributed by atoms with Crippen LogP contribution in [0.15, 0.2) is 33.2 Å². The minimum atomic E-state index is -0.478. The lowest BCUT2D eigenvalue weighted by molar-refractivity contribution is 0.0939. The van der Waals surface area contributed by atoms with Crippen LogP contribution in [0.5, 0.6) is 5.88 Å². The van der Waals surface area contributed by atoms with E-state index in [1.54, 1.807) is 6.92 Å². The zero-order valence-corrected chi connectivity index (χ0v) is 15.7. The number of aryl methyl sites for hydroxylation is 2. The lowest BCUT2D eigenvalue weighted by Gasteiger charge is -2.16. The summed E-state index contributed by atoms with van der Waals surface area (Å²) >= 11 is 0. The largest absolute Gasteiger partial charge is 0.493 e. The number of benzene rings is 1. The molecule has 0 bridgehead atoms. The summed E-state index contributed by atoms with van der Waals surface area (Å²) in [6, 6.07) is 7.75. The quantitative estimate of drug-likeness (QED) is 0.828. The number of ether oxygens (including phenoxy) is 1. The third kappa shape index (κ3) is 3.76. The minimum Gasteiger partial charge on any atom is -0.493 e. The maximum atomic E-state index is 12.9. The van der Waals surface area contributed by atoms with E-state index < -0.39 is 5.56 Å². The Morgan fingerprint density at radius 2 is 2.11 bits per heavy atom.